The van der Waals surface area contributed by atoms with Crippen LogP contribution in [0.1, 0.15) is 11.1 Å². The molecule has 0 amide bonds. The molecule has 1 fully saturated rings. The number of nitrogens with zero attached hydrogens (tertiary/aromatic N) is 2. The predicted octanol–water partition coefficient (Wildman–Crippen LogP) is 3.28. The second kappa shape index (κ2) is 8.10. The summed E-state index contributed by atoms with van der Waals surface area (Å²) < 4.78 is 54.2. The van der Waals surface area contributed by atoms with Gasteiger partial charge in [0, 0.05) is 32.2 Å². The molecule has 1 aliphatic heterocycles. The Morgan fingerprint density at radius 3 is 2.36 bits per heavy atom. The fourth-order valence-corrected chi connectivity index (χ4v) is 5.07. The molecule has 0 atom stereocenters. The lowest BCUT2D eigenvalue weighted by Gasteiger charge is -2.35. The zero-order valence-corrected chi connectivity index (χ0v) is 17.2. The van der Waals surface area contributed by atoms with Crippen LogP contribution in [0.15, 0.2) is 41.3 Å². The fourth-order valence-electron chi connectivity index (χ4n) is 3.04. The number of sulfonamides is 1. The molecule has 1 aliphatic rings. The number of hydrogen-bond acceptors (Lipinski definition) is 3. The first kappa shape index (κ1) is 20.6. The van der Waals surface area contributed by atoms with Crippen LogP contribution in [0.25, 0.3) is 0 Å². The second-order valence-corrected chi connectivity index (χ2v) is 9.01. The number of aryl methyl sites for hydroxylation is 2. The van der Waals surface area contributed by atoms with Gasteiger partial charge in [0.2, 0.25) is 10.0 Å². The van der Waals surface area contributed by atoms with Crippen LogP contribution in [-0.4, -0.2) is 48.9 Å². The first-order chi connectivity index (χ1) is 13.2. The van der Waals surface area contributed by atoms with Crippen LogP contribution >= 0.6 is 12.2 Å². The Hall–Kier alpha value is -2.10. The van der Waals surface area contributed by atoms with Gasteiger partial charge < -0.3 is 10.2 Å². The van der Waals surface area contributed by atoms with E-state index in [1.165, 1.54) is 10.4 Å². The maximum atomic E-state index is 13.8. The lowest BCUT2D eigenvalue weighted by molar-refractivity contribution is 0.268. The van der Waals surface area contributed by atoms with E-state index in [1.54, 1.807) is 24.0 Å². The SMILES string of the molecule is Cc1ccc(C)c(S(=O)(=O)N2CCN(C(=S)Nc3ccc(F)cc3F)CC2)c1. The number of hydrogen-bond donors (Lipinski definition) is 1. The largest absolute Gasteiger partial charge is 0.346 e. The maximum Gasteiger partial charge on any atom is 0.243 e. The number of halogens is 2. The van der Waals surface area contributed by atoms with E-state index in [0.29, 0.717) is 23.5 Å². The lowest BCUT2D eigenvalue weighted by atomic mass is 10.2. The van der Waals surface area contributed by atoms with Crippen molar-refractivity contribution in [3.63, 3.8) is 0 Å². The van der Waals surface area contributed by atoms with Crippen LogP contribution < -0.4 is 5.32 Å². The minimum atomic E-state index is -3.59. The van der Waals surface area contributed by atoms with Gasteiger partial charge in [-0.3, -0.25) is 0 Å². The Kier molecular flexibility index (Phi) is 5.97. The average molecular weight is 426 g/mol. The smallest absolute Gasteiger partial charge is 0.243 e. The van der Waals surface area contributed by atoms with E-state index in [9.17, 15) is 17.2 Å². The predicted molar refractivity (Wildman–Crippen MR) is 109 cm³/mol. The van der Waals surface area contributed by atoms with Crippen molar-refractivity contribution in [2.75, 3.05) is 31.5 Å². The van der Waals surface area contributed by atoms with Crippen molar-refractivity contribution in [1.82, 2.24) is 9.21 Å². The number of nitrogens with one attached hydrogen (secondary N) is 1. The first-order valence-electron chi connectivity index (χ1n) is 8.77. The third kappa shape index (κ3) is 4.31. The normalized spacial score (nSPS) is 15.5. The molecule has 5 nitrogen and oxygen atoms in total. The molecular formula is C19H21F2N3O2S2. The van der Waals surface area contributed by atoms with Gasteiger partial charge in [-0.2, -0.15) is 4.31 Å². The highest BCUT2D eigenvalue weighted by molar-refractivity contribution is 7.89. The first-order valence-corrected chi connectivity index (χ1v) is 10.6. The fraction of sp³-hybridized carbons (Fsp3) is 0.316. The van der Waals surface area contributed by atoms with Gasteiger partial charge >= 0.3 is 0 Å². The Balaban J connectivity index is 1.66. The third-order valence-electron chi connectivity index (χ3n) is 4.66. The molecule has 0 bridgehead atoms. The zero-order valence-electron chi connectivity index (χ0n) is 15.6. The Morgan fingerprint density at radius 2 is 1.71 bits per heavy atom. The highest BCUT2D eigenvalue weighted by Crippen LogP contribution is 2.23. The van der Waals surface area contributed by atoms with Crippen LogP contribution in [0, 0.1) is 25.5 Å². The van der Waals surface area contributed by atoms with Gasteiger partial charge in [-0.1, -0.05) is 12.1 Å². The van der Waals surface area contributed by atoms with Crippen LogP contribution in [0.5, 0.6) is 0 Å². The number of benzene rings is 2. The summed E-state index contributed by atoms with van der Waals surface area (Å²) in [7, 11) is -3.59. The van der Waals surface area contributed by atoms with Crippen molar-refractivity contribution in [1.29, 1.82) is 0 Å². The average Bonchev–Trinajstić information content (AvgIpc) is 2.66. The monoisotopic (exact) mass is 425 g/mol. The van der Waals surface area contributed by atoms with E-state index in [1.807, 2.05) is 13.0 Å². The van der Waals surface area contributed by atoms with Crippen molar-refractivity contribution in [3.05, 3.63) is 59.2 Å². The summed E-state index contributed by atoms with van der Waals surface area (Å²) in [6, 6.07) is 8.56. The molecule has 0 aromatic heterocycles. The standard InChI is InChI=1S/C19H21F2N3O2S2/c1-13-3-4-14(2)18(11-13)28(25,26)24-9-7-23(8-10-24)19(27)22-17-6-5-15(20)12-16(17)21/h3-6,11-12H,7-10H2,1-2H3,(H,22,27). The van der Waals surface area contributed by atoms with Crippen LogP contribution in [-0.2, 0) is 10.0 Å². The van der Waals surface area contributed by atoms with E-state index in [4.69, 9.17) is 12.2 Å². The number of anilines is 1. The van der Waals surface area contributed by atoms with Gasteiger partial charge in [-0.15, -0.1) is 0 Å². The summed E-state index contributed by atoms with van der Waals surface area (Å²) in [5.74, 6) is -1.40. The molecule has 0 aliphatic carbocycles. The van der Waals surface area contributed by atoms with Crippen molar-refractivity contribution in [3.8, 4) is 0 Å². The number of rotatable bonds is 3. The molecule has 0 radical (unpaired) electrons. The van der Waals surface area contributed by atoms with Crippen molar-refractivity contribution >= 4 is 33.0 Å². The summed E-state index contributed by atoms with van der Waals surface area (Å²) in [5.41, 5.74) is 1.67. The van der Waals surface area contributed by atoms with Crippen molar-refractivity contribution < 1.29 is 17.2 Å². The van der Waals surface area contributed by atoms with Gasteiger partial charge in [0.15, 0.2) is 5.11 Å². The Morgan fingerprint density at radius 1 is 1.04 bits per heavy atom. The molecule has 28 heavy (non-hydrogen) atoms. The highest BCUT2D eigenvalue weighted by Gasteiger charge is 2.30. The van der Waals surface area contributed by atoms with Gasteiger partial charge in [-0.25, -0.2) is 17.2 Å². The second-order valence-electron chi connectivity index (χ2n) is 6.71. The van der Waals surface area contributed by atoms with Gasteiger partial charge in [0.1, 0.15) is 11.6 Å². The minimum Gasteiger partial charge on any atom is -0.346 e. The molecule has 150 valence electrons. The van der Waals surface area contributed by atoms with Crippen molar-refractivity contribution in [2.45, 2.75) is 18.7 Å². The lowest BCUT2D eigenvalue weighted by Crippen LogP contribution is -2.51. The van der Waals surface area contributed by atoms with Crippen LogP contribution in [0.2, 0.25) is 0 Å². The summed E-state index contributed by atoms with van der Waals surface area (Å²) in [4.78, 5) is 2.09. The van der Waals surface area contributed by atoms with E-state index >= 15 is 0 Å². The van der Waals surface area contributed by atoms with E-state index in [-0.39, 0.29) is 23.9 Å². The maximum absolute atomic E-state index is 13.8. The molecule has 2 aromatic carbocycles. The van der Waals surface area contributed by atoms with Gasteiger partial charge in [-0.05, 0) is 55.4 Å². The van der Waals surface area contributed by atoms with Crippen LogP contribution in [0.4, 0.5) is 14.5 Å². The third-order valence-corrected chi connectivity index (χ3v) is 7.06. The summed E-state index contributed by atoms with van der Waals surface area (Å²) >= 11 is 5.30. The molecule has 1 saturated heterocycles. The molecule has 2 aromatic rings. The number of piperazine rings is 1. The van der Waals surface area contributed by atoms with Gasteiger partial charge in [0.05, 0.1) is 10.6 Å². The topological polar surface area (TPSA) is 52.7 Å². The Labute approximate surface area is 169 Å². The highest BCUT2D eigenvalue weighted by atomic mass is 32.2. The van der Waals surface area contributed by atoms with E-state index < -0.39 is 21.7 Å². The van der Waals surface area contributed by atoms with Crippen molar-refractivity contribution in [2.24, 2.45) is 0 Å². The van der Waals surface area contributed by atoms with E-state index in [0.717, 1.165) is 17.7 Å². The zero-order chi connectivity index (χ0) is 20.5. The summed E-state index contributed by atoms with van der Waals surface area (Å²) in [6.45, 7) is 4.91. The molecule has 0 saturated carbocycles. The van der Waals surface area contributed by atoms with Gasteiger partial charge in [0.25, 0.3) is 0 Å². The minimum absolute atomic E-state index is 0.0804. The summed E-state index contributed by atoms with van der Waals surface area (Å²) in [6.07, 6.45) is 0. The molecular weight excluding hydrogens is 404 g/mol. The number of thiocarbonyl (C=S) groups is 1. The van der Waals surface area contributed by atoms with E-state index in [2.05, 4.69) is 5.32 Å². The molecule has 0 spiro atoms. The quantitative estimate of drug-likeness (QED) is 0.765. The Bertz CT molecular complexity index is 1000. The molecule has 1 N–H and O–H groups in total. The molecule has 0 unspecified atom stereocenters. The molecule has 3 rings (SSSR count). The summed E-state index contributed by atoms with van der Waals surface area (Å²) in [5, 5.41) is 3.03. The molecule has 1 heterocycles. The van der Waals surface area contributed by atoms with Crippen LogP contribution in [0.3, 0.4) is 0 Å². The molecule has 9 heteroatoms.